The lowest BCUT2D eigenvalue weighted by atomic mass is 9.93. The van der Waals surface area contributed by atoms with E-state index in [1.807, 2.05) is 0 Å². The number of carbonyl (C=O) groups is 2. The van der Waals surface area contributed by atoms with Gasteiger partial charge in [0.15, 0.2) is 0 Å². The number of halogens is 1. The molecule has 1 aromatic rings. The summed E-state index contributed by atoms with van der Waals surface area (Å²) in [7, 11) is 1.66. The van der Waals surface area contributed by atoms with E-state index in [0.29, 0.717) is 6.54 Å². The number of rotatable bonds is 4. The van der Waals surface area contributed by atoms with E-state index in [1.54, 1.807) is 30.2 Å². The largest absolute Gasteiger partial charge is 0.352 e. The molecular weight excluding hydrogens is 259 g/mol. The molecule has 20 heavy (non-hydrogen) atoms. The van der Waals surface area contributed by atoms with Crippen molar-refractivity contribution in [1.82, 2.24) is 10.2 Å². The molecule has 0 bridgehead atoms. The second-order valence-corrected chi connectivity index (χ2v) is 4.85. The summed E-state index contributed by atoms with van der Waals surface area (Å²) >= 11 is 0. The molecule has 0 radical (unpaired) electrons. The molecule has 0 aromatic heterocycles. The van der Waals surface area contributed by atoms with Crippen molar-refractivity contribution in [2.24, 2.45) is 5.92 Å². The lowest BCUT2D eigenvalue weighted by Crippen LogP contribution is -2.34. The van der Waals surface area contributed by atoms with E-state index in [1.165, 1.54) is 12.1 Å². The van der Waals surface area contributed by atoms with E-state index in [0.717, 1.165) is 5.56 Å². The van der Waals surface area contributed by atoms with Crippen LogP contribution in [0, 0.1) is 11.7 Å². The van der Waals surface area contributed by atoms with Gasteiger partial charge in [-0.25, -0.2) is 4.39 Å². The van der Waals surface area contributed by atoms with Gasteiger partial charge < -0.3 is 10.2 Å². The van der Waals surface area contributed by atoms with Crippen molar-refractivity contribution < 1.29 is 14.0 Å². The Labute approximate surface area is 117 Å². The number of likely N-dealkylation sites (tertiary alicyclic amines) is 1. The van der Waals surface area contributed by atoms with E-state index in [2.05, 4.69) is 11.9 Å². The molecule has 5 heteroatoms. The summed E-state index contributed by atoms with van der Waals surface area (Å²) in [6, 6.07) is 5.55. The van der Waals surface area contributed by atoms with Gasteiger partial charge >= 0.3 is 0 Å². The average Bonchev–Trinajstić information content (AvgIpc) is 2.73. The van der Waals surface area contributed by atoms with E-state index in [9.17, 15) is 14.0 Å². The molecular formula is C15H17FN2O2. The first kappa shape index (κ1) is 14.2. The fourth-order valence-electron chi connectivity index (χ4n) is 2.52. The molecule has 1 saturated heterocycles. The highest BCUT2D eigenvalue weighted by Crippen LogP contribution is 2.37. The molecule has 0 unspecified atom stereocenters. The van der Waals surface area contributed by atoms with Crippen LogP contribution in [0.25, 0.3) is 0 Å². The maximum absolute atomic E-state index is 13.0. The van der Waals surface area contributed by atoms with E-state index >= 15 is 0 Å². The number of amides is 2. The van der Waals surface area contributed by atoms with Gasteiger partial charge in [-0.15, -0.1) is 6.58 Å². The van der Waals surface area contributed by atoms with Crippen molar-refractivity contribution in [2.45, 2.75) is 12.5 Å². The zero-order valence-electron chi connectivity index (χ0n) is 11.3. The number of benzene rings is 1. The van der Waals surface area contributed by atoms with E-state index in [-0.39, 0.29) is 30.1 Å². The Balaban J connectivity index is 2.26. The second-order valence-electron chi connectivity index (χ2n) is 4.85. The molecule has 1 aromatic carbocycles. The van der Waals surface area contributed by atoms with Crippen LogP contribution in [0.2, 0.25) is 0 Å². The topological polar surface area (TPSA) is 49.4 Å². The lowest BCUT2D eigenvalue weighted by Gasteiger charge is -2.24. The van der Waals surface area contributed by atoms with Crippen molar-refractivity contribution in [3.05, 3.63) is 48.3 Å². The van der Waals surface area contributed by atoms with Gasteiger partial charge in [0.1, 0.15) is 5.82 Å². The van der Waals surface area contributed by atoms with Crippen LogP contribution in [0.5, 0.6) is 0 Å². The Morgan fingerprint density at radius 2 is 2.15 bits per heavy atom. The molecule has 2 atom stereocenters. The van der Waals surface area contributed by atoms with Crippen molar-refractivity contribution in [3.63, 3.8) is 0 Å². The molecule has 1 aliphatic rings. The smallest absolute Gasteiger partial charge is 0.226 e. The lowest BCUT2D eigenvalue weighted by molar-refractivity contribution is -0.128. The van der Waals surface area contributed by atoms with Gasteiger partial charge in [-0.05, 0) is 17.7 Å². The van der Waals surface area contributed by atoms with Crippen molar-refractivity contribution in [3.8, 4) is 0 Å². The summed E-state index contributed by atoms with van der Waals surface area (Å²) in [4.78, 5) is 25.5. The van der Waals surface area contributed by atoms with Crippen LogP contribution in [0.15, 0.2) is 36.9 Å². The molecule has 106 valence electrons. The Kier molecular flexibility index (Phi) is 4.17. The van der Waals surface area contributed by atoms with Gasteiger partial charge in [0.25, 0.3) is 0 Å². The molecule has 0 spiro atoms. The number of nitrogens with zero attached hydrogens (tertiary/aromatic N) is 1. The van der Waals surface area contributed by atoms with E-state index in [4.69, 9.17) is 0 Å². The van der Waals surface area contributed by atoms with Crippen molar-refractivity contribution >= 4 is 11.8 Å². The van der Waals surface area contributed by atoms with Gasteiger partial charge in [0.05, 0.1) is 12.0 Å². The summed E-state index contributed by atoms with van der Waals surface area (Å²) in [5.41, 5.74) is 0.763. The van der Waals surface area contributed by atoms with Gasteiger partial charge in [-0.1, -0.05) is 18.2 Å². The second kappa shape index (κ2) is 5.86. The van der Waals surface area contributed by atoms with Gasteiger partial charge in [0.2, 0.25) is 11.8 Å². The summed E-state index contributed by atoms with van der Waals surface area (Å²) in [6.07, 6.45) is 1.76. The molecule has 1 fully saturated rings. The number of hydrogen-bond donors (Lipinski definition) is 1. The third-order valence-electron chi connectivity index (χ3n) is 3.56. The predicted octanol–water partition coefficient (Wildman–Crippen LogP) is 1.65. The van der Waals surface area contributed by atoms with Crippen LogP contribution < -0.4 is 5.32 Å². The monoisotopic (exact) mass is 276 g/mol. The van der Waals surface area contributed by atoms with Crippen LogP contribution in [0.1, 0.15) is 18.0 Å². The normalized spacial score (nSPS) is 21.9. The molecule has 4 nitrogen and oxygen atoms in total. The van der Waals surface area contributed by atoms with Gasteiger partial charge in [-0.3, -0.25) is 9.59 Å². The molecule has 1 aliphatic heterocycles. The SMILES string of the molecule is C=CCNC(=O)[C@@H]1CC(=O)N(C)[C@H]1c1ccc(F)cc1. The fraction of sp³-hybridized carbons (Fsp3) is 0.333. The minimum Gasteiger partial charge on any atom is -0.352 e. The number of carbonyl (C=O) groups excluding carboxylic acids is 2. The van der Waals surface area contributed by atoms with Crippen LogP contribution in [-0.4, -0.2) is 30.3 Å². The molecule has 2 rings (SSSR count). The summed E-state index contributed by atoms with van der Waals surface area (Å²) in [6.45, 7) is 3.91. The first-order valence-electron chi connectivity index (χ1n) is 6.44. The summed E-state index contributed by atoms with van der Waals surface area (Å²) < 4.78 is 13.0. The molecule has 1 heterocycles. The number of hydrogen-bond acceptors (Lipinski definition) is 2. The summed E-state index contributed by atoms with van der Waals surface area (Å²) in [5, 5.41) is 2.72. The Bertz CT molecular complexity index is 527. The molecule has 0 aliphatic carbocycles. The fourth-order valence-corrected chi connectivity index (χ4v) is 2.52. The highest BCUT2D eigenvalue weighted by atomic mass is 19.1. The van der Waals surface area contributed by atoms with Gasteiger partial charge in [-0.2, -0.15) is 0 Å². The van der Waals surface area contributed by atoms with Crippen LogP contribution in [0.4, 0.5) is 4.39 Å². The third kappa shape index (κ3) is 2.71. The third-order valence-corrected chi connectivity index (χ3v) is 3.56. The molecule has 0 saturated carbocycles. The minimum absolute atomic E-state index is 0.0851. The summed E-state index contributed by atoms with van der Waals surface area (Å²) in [5.74, 6) is -1.07. The highest BCUT2D eigenvalue weighted by molar-refractivity contribution is 5.90. The Morgan fingerprint density at radius 1 is 1.50 bits per heavy atom. The first-order valence-corrected chi connectivity index (χ1v) is 6.44. The van der Waals surface area contributed by atoms with E-state index < -0.39 is 5.92 Å². The zero-order valence-corrected chi connectivity index (χ0v) is 11.3. The van der Waals surface area contributed by atoms with Crippen LogP contribution in [-0.2, 0) is 9.59 Å². The predicted molar refractivity (Wildman–Crippen MR) is 73.2 cm³/mol. The zero-order chi connectivity index (χ0) is 14.7. The molecule has 1 N–H and O–H groups in total. The standard InChI is InChI=1S/C15H17FN2O2/c1-3-8-17-15(20)12-9-13(19)18(2)14(12)10-4-6-11(16)7-5-10/h3-7,12,14H,1,8-9H2,2H3,(H,17,20)/t12-,14+/m1/s1. The average molecular weight is 276 g/mol. The quantitative estimate of drug-likeness (QED) is 0.850. The first-order chi connectivity index (χ1) is 9.54. The Hall–Kier alpha value is -2.17. The van der Waals surface area contributed by atoms with Crippen LogP contribution in [0.3, 0.4) is 0 Å². The Morgan fingerprint density at radius 3 is 2.75 bits per heavy atom. The maximum atomic E-state index is 13.0. The van der Waals surface area contributed by atoms with Crippen molar-refractivity contribution in [1.29, 1.82) is 0 Å². The highest BCUT2D eigenvalue weighted by Gasteiger charge is 2.42. The van der Waals surface area contributed by atoms with Crippen LogP contribution >= 0.6 is 0 Å². The maximum Gasteiger partial charge on any atom is 0.226 e. The van der Waals surface area contributed by atoms with Gasteiger partial charge in [0, 0.05) is 20.0 Å². The molecule has 2 amide bonds. The van der Waals surface area contributed by atoms with Crippen molar-refractivity contribution in [2.75, 3.05) is 13.6 Å². The minimum atomic E-state index is -0.460. The number of nitrogens with one attached hydrogen (secondary N) is 1.